The van der Waals surface area contributed by atoms with Gasteiger partial charge in [-0.15, -0.1) is 0 Å². The van der Waals surface area contributed by atoms with Gasteiger partial charge in [0, 0.05) is 16.9 Å². The molecule has 220 valence electrons. The molecule has 0 aromatic rings. The number of amides is 1. The van der Waals surface area contributed by atoms with Gasteiger partial charge in [-0.25, -0.2) is 4.79 Å². The van der Waals surface area contributed by atoms with Crippen LogP contribution in [-0.4, -0.2) is 34.7 Å². The monoisotopic (exact) mass is 550 g/mol. The molecule has 40 heavy (non-hydrogen) atoms. The van der Waals surface area contributed by atoms with Crippen molar-refractivity contribution >= 4 is 11.9 Å². The molecule has 3 unspecified atom stereocenters. The first-order chi connectivity index (χ1) is 18.4. The van der Waals surface area contributed by atoms with E-state index in [1.807, 2.05) is 26.0 Å². The molecule has 0 saturated heterocycles. The Morgan fingerprint density at radius 2 is 1.73 bits per heavy atom. The molecule has 0 bridgehead atoms. The third-order valence-electron chi connectivity index (χ3n) is 12.8. The molecule has 6 heteroatoms. The zero-order chi connectivity index (χ0) is 29.7. The van der Waals surface area contributed by atoms with E-state index in [1.165, 1.54) is 0 Å². The lowest BCUT2D eigenvalue weighted by Crippen LogP contribution is -2.69. The van der Waals surface area contributed by atoms with Crippen LogP contribution in [0.2, 0.25) is 0 Å². The molecule has 0 aliphatic heterocycles. The molecule has 5 aliphatic carbocycles. The smallest absolute Gasteiger partial charge is 0.407 e. The van der Waals surface area contributed by atoms with E-state index in [0.717, 1.165) is 50.5 Å². The quantitative estimate of drug-likeness (QED) is 0.390. The summed E-state index contributed by atoms with van der Waals surface area (Å²) in [6.45, 7) is 19.4. The summed E-state index contributed by atoms with van der Waals surface area (Å²) in [5.41, 5.74) is -0.293. The van der Waals surface area contributed by atoms with E-state index in [0.29, 0.717) is 5.57 Å². The summed E-state index contributed by atoms with van der Waals surface area (Å²) in [6.07, 6.45) is 8.84. The number of nitrogens with zero attached hydrogens (tertiary/aromatic N) is 1. The number of aliphatic hydroxyl groups is 1. The molecule has 5 rings (SSSR count). The fourth-order valence-corrected chi connectivity index (χ4v) is 10.5. The molecule has 8 atom stereocenters. The number of rotatable bonds is 2. The first-order valence-electron chi connectivity index (χ1n) is 15.4. The highest BCUT2D eigenvalue weighted by molar-refractivity contribution is 5.95. The molecule has 1 amide bonds. The van der Waals surface area contributed by atoms with E-state index in [1.54, 1.807) is 0 Å². The van der Waals surface area contributed by atoms with Crippen molar-refractivity contribution in [1.82, 2.24) is 5.32 Å². The number of hydrogen-bond acceptors (Lipinski definition) is 5. The van der Waals surface area contributed by atoms with Gasteiger partial charge in [0.15, 0.2) is 5.78 Å². The lowest BCUT2D eigenvalue weighted by atomic mass is 9.35. The highest BCUT2D eigenvalue weighted by Gasteiger charge is 2.70. The second-order valence-electron chi connectivity index (χ2n) is 16.2. The number of nitrogens with one attached hydrogen (secondary N) is 1. The fourth-order valence-electron chi connectivity index (χ4n) is 10.5. The number of nitriles is 1. The third kappa shape index (κ3) is 3.89. The molecular formula is C34H50N2O4. The minimum Gasteiger partial charge on any atom is -0.447 e. The fraction of sp³-hybridized carbons (Fsp3) is 0.794. The van der Waals surface area contributed by atoms with Crippen molar-refractivity contribution in [2.45, 2.75) is 125 Å². The maximum Gasteiger partial charge on any atom is 0.407 e. The van der Waals surface area contributed by atoms with Crippen LogP contribution in [-0.2, 0) is 9.53 Å². The number of hydrogen-bond donors (Lipinski definition) is 2. The summed E-state index contributed by atoms with van der Waals surface area (Å²) in [5.74, 6) is 0.120. The van der Waals surface area contributed by atoms with Crippen LogP contribution in [0.3, 0.4) is 0 Å². The summed E-state index contributed by atoms with van der Waals surface area (Å²) < 4.78 is 5.56. The Labute approximate surface area is 241 Å². The van der Waals surface area contributed by atoms with Crippen molar-refractivity contribution < 1.29 is 19.4 Å². The number of alkyl carbamates (subject to hydrolysis) is 1. The lowest BCUT2D eigenvalue weighted by molar-refractivity contribution is -0.162. The van der Waals surface area contributed by atoms with Crippen LogP contribution >= 0.6 is 0 Å². The first-order valence-corrected chi connectivity index (χ1v) is 15.4. The van der Waals surface area contributed by atoms with E-state index in [2.05, 4.69) is 59.9 Å². The van der Waals surface area contributed by atoms with Crippen LogP contribution in [0.1, 0.15) is 107 Å². The standard InChI is InChI=1S/C34H50N2O4/c1-20(2)40-28(39)36-34-14-12-29(3,4)18-22(34)26-23(37)16-25-31(7)17-21(19-35)27(38)30(5,6)24(31)10-11-32(25,8)33(26,9)13-15-34/h16-17,20,22,24,26-27,38H,10-15,18H2,1-9H3,(H,36,39)/t22?,24-,26?,27?,31-,32+,33+,34-/m0/s1. The summed E-state index contributed by atoms with van der Waals surface area (Å²) >= 11 is 0. The Bertz CT molecular complexity index is 1220. The Morgan fingerprint density at radius 3 is 2.35 bits per heavy atom. The normalized spacial score (nSPS) is 45.0. The summed E-state index contributed by atoms with van der Waals surface area (Å²) in [7, 11) is 0. The third-order valence-corrected chi connectivity index (χ3v) is 12.8. The van der Waals surface area contributed by atoms with Gasteiger partial charge in [-0.05, 0) is 98.4 Å². The van der Waals surface area contributed by atoms with E-state index in [4.69, 9.17) is 4.74 Å². The molecule has 0 spiro atoms. The Hall–Kier alpha value is -2.13. The lowest BCUT2D eigenvalue weighted by Gasteiger charge is -2.69. The van der Waals surface area contributed by atoms with E-state index >= 15 is 0 Å². The van der Waals surface area contributed by atoms with Crippen LogP contribution < -0.4 is 5.32 Å². The molecule has 0 heterocycles. The molecular weight excluding hydrogens is 500 g/mol. The largest absolute Gasteiger partial charge is 0.447 e. The van der Waals surface area contributed by atoms with Gasteiger partial charge in [0.2, 0.25) is 0 Å². The van der Waals surface area contributed by atoms with Crippen molar-refractivity contribution in [2.24, 2.45) is 44.8 Å². The Balaban J connectivity index is 1.64. The topological polar surface area (TPSA) is 99.4 Å². The zero-order valence-corrected chi connectivity index (χ0v) is 26.1. The van der Waals surface area contributed by atoms with E-state index in [9.17, 15) is 20.0 Å². The molecule has 5 aliphatic rings. The van der Waals surface area contributed by atoms with Gasteiger partial charge in [0.25, 0.3) is 0 Å². The average Bonchev–Trinajstić information content (AvgIpc) is 2.83. The predicted octanol–water partition coefficient (Wildman–Crippen LogP) is 6.88. The van der Waals surface area contributed by atoms with E-state index < -0.39 is 22.5 Å². The van der Waals surface area contributed by atoms with Gasteiger partial charge in [-0.3, -0.25) is 4.79 Å². The Kier molecular flexibility index (Phi) is 6.56. The second kappa shape index (κ2) is 8.93. The number of carbonyl (C=O) groups is 2. The zero-order valence-electron chi connectivity index (χ0n) is 26.1. The number of allylic oxidation sites excluding steroid dienone is 3. The second-order valence-corrected chi connectivity index (χ2v) is 16.2. The van der Waals surface area contributed by atoms with Gasteiger partial charge >= 0.3 is 6.09 Å². The number of aliphatic hydroxyl groups excluding tert-OH is 1. The van der Waals surface area contributed by atoms with Gasteiger partial charge < -0.3 is 15.2 Å². The molecule has 0 aromatic heterocycles. The SMILES string of the molecule is CC(C)OC(=O)N[C@]12CCC(C)(C)CC1C1C(=O)C=C3[C@@]4(C)C=C(C#N)C(O)C(C)(C)[C@@H]4CC[C@@]3(C)[C@]1(C)CC2. The highest BCUT2D eigenvalue weighted by Crippen LogP contribution is 2.73. The van der Waals surface area contributed by atoms with Gasteiger partial charge in [-0.1, -0.05) is 60.1 Å². The minimum atomic E-state index is -0.806. The van der Waals surface area contributed by atoms with Crippen molar-refractivity contribution in [3.8, 4) is 6.07 Å². The highest BCUT2D eigenvalue weighted by atomic mass is 16.6. The first kappa shape index (κ1) is 29.4. The average molecular weight is 551 g/mol. The van der Waals surface area contributed by atoms with E-state index in [-0.39, 0.29) is 52.0 Å². The molecule has 0 radical (unpaired) electrons. The number of carbonyl (C=O) groups excluding carboxylic acids is 2. The number of fused-ring (bicyclic) bond motifs is 7. The summed E-state index contributed by atoms with van der Waals surface area (Å²) in [5, 5.41) is 24.4. The van der Waals surface area contributed by atoms with Crippen LogP contribution in [0.25, 0.3) is 0 Å². The Morgan fingerprint density at radius 1 is 1.07 bits per heavy atom. The molecule has 3 saturated carbocycles. The maximum atomic E-state index is 14.5. The minimum absolute atomic E-state index is 0.0252. The predicted molar refractivity (Wildman–Crippen MR) is 155 cm³/mol. The number of ether oxygens (including phenoxy) is 1. The van der Waals surface area contributed by atoms with Crippen molar-refractivity contribution in [1.29, 1.82) is 5.26 Å². The molecule has 0 aromatic carbocycles. The number of ketones is 1. The maximum absolute atomic E-state index is 14.5. The van der Waals surface area contributed by atoms with Gasteiger partial charge in [0.05, 0.1) is 23.9 Å². The molecule has 2 N–H and O–H groups in total. The molecule has 6 nitrogen and oxygen atoms in total. The van der Waals surface area contributed by atoms with Crippen molar-refractivity contribution in [3.05, 3.63) is 23.3 Å². The molecule has 3 fully saturated rings. The van der Waals surface area contributed by atoms with Crippen LogP contribution in [0.5, 0.6) is 0 Å². The van der Waals surface area contributed by atoms with Crippen LogP contribution in [0, 0.1) is 56.2 Å². The van der Waals surface area contributed by atoms with Crippen molar-refractivity contribution in [3.63, 3.8) is 0 Å². The van der Waals surface area contributed by atoms with Gasteiger partial charge in [-0.2, -0.15) is 5.26 Å². The van der Waals surface area contributed by atoms with Crippen molar-refractivity contribution in [2.75, 3.05) is 0 Å². The van der Waals surface area contributed by atoms with Crippen LogP contribution in [0.15, 0.2) is 23.3 Å². The summed E-state index contributed by atoms with van der Waals surface area (Å²) in [4.78, 5) is 27.5. The van der Waals surface area contributed by atoms with Gasteiger partial charge in [0.1, 0.15) is 0 Å². The van der Waals surface area contributed by atoms with Crippen LogP contribution in [0.4, 0.5) is 4.79 Å². The summed E-state index contributed by atoms with van der Waals surface area (Å²) in [6, 6.07) is 2.28.